The van der Waals surface area contributed by atoms with Gasteiger partial charge in [-0.15, -0.1) is 0 Å². The van der Waals surface area contributed by atoms with Crippen molar-refractivity contribution in [3.63, 3.8) is 0 Å². The van der Waals surface area contributed by atoms with E-state index in [1.807, 2.05) is 19.1 Å². The van der Waals surface area contributed by atoms with Crippen molar-refractivity contribution in [2.75, 3.05) is 6.54 Å². The van der Waals surface area contributed by atoms with Gasteiger partial charge in [-0.3, -0.25) is 9.98 Å². The van der Waals surface area contributed by atoms with Crippen LogP contribution < -0.4 is 0 Å². The summed E-state index contributed by atoms with van der Waals surface area (Å²) in [5.74, 6) is 0.600. The lowest BCUT2D eigenvalue weighted by molar-refractivity contribution is 0.465. The SMILES string of the molecule is CCCCc1cc(C)cc(C=NCC(CCCC)N=Cc2cc(Cl)cc(CCCC)c2O)c1O. The molecule has 2 aromatic rings. The van der Waals surface area contributed by atoms with Gasteiger partial charge < -0.3 is 10.2 Å². The van der Waals surface area contributed by atoms with E-state index in [-0.39, 0.29) is 11.8 Å². The summed E-state index contributed by atoms with van der Waals surface area (Å²) in [6.07, 6.45) is 12.4. The Bertz CT molecular complexity index is 969. The number of hydrogen-bond acceptors (Lipinski definition) is 4. The van der Waals surface area contributed by atoms with E-state index >= 15 is 0 Å². The van der Waals surface area contributed by atoms with Gasteiger partial charge in [0, 0.05) is 28.6 Å². The highest BCUT2D eigenvalue weighted by molar-refractivity contribution is 6.31. The van der Waals surface area contributed by atoms with E-state index in [0.717, 1.165) is 80.0 Å². The standard InChI is InChI=1S/C29H41ClN2O2/c1-5-8-11-22-14-21(4)15-24(28(22)33)18-31-20-27(13-10-7-3)32-19-25-17-26(30)16-23(29(25)34)12-9-6-2/h14-19,27,33-34H,5-13,20H2,1-4H3. The van der Waals surface area contributed by atoms with Crippen LogP contribution in [0.4, 0.5) is 0 Å². The minimum atomic E-state index is 0.000173. The summed E-state index contributed by atoms with van der Waals surface area (Å²) < 4.78 is 0. The quantitative estimate of drug-likeness (QED) is 0.268. The maximum Gasteiger partial charge on any atom is 0.127 e. The maximum atomic E-state index is 10.7. The Morgan fingerprint density at radius 3 is 2.03 bits per heavy atom. The molecule has 0 saturated heterocycles. The lowest BCUT2D eigenvalue weighted by Crippen LogP contribution is -2.10. The maximum absolute atomic E-state index is 10.7. The largest absolute Gasteiger partial charge is 0.507 e. The molecule has 1 unspecified atom stereocenters. The third kappa shape index (κ3) is 8.79. The first-order valence-electron chi connectivity index (χ1n) is 12.8. The second-order valence-corrected chi connectivity index (χ2v) is 9.58. The van der Waals surface area contributed by atoms with E-state index in [4.69, 9.17) is 16.6 Å². The zero-order valence-electron chi connectivity index (χ0n) is 21.3. The molecule has 2 aromatic carbocycles. The van der Waals surface area contributed by atoms with Gasteiger partial charge in [-0.25, -0.2) is 0 Å². The Balaban J connectivity index is 2.19. The van der Waals surface area contributed by atoms with Crippen LogP contribution in [0, 0.1) is 6.92 Å². The van der Waals surface area contributed by atoms with Gasteiger partial charge in [-0.2, -0.15) is 0 Å². The highest BCUT2D eigenvalue weighted by atomic mass is 35.5. The number of hydrogen-bond donors (Lipinski definition) is 2. The predicted octanol–water partition coefficient (Wildman–Crippen LogP) is 7.84. The zero-order valence-corrected chi connectivity index (χ0v) is 22.0. The number of unbranched alkanes of at least 4 members (excludes halogenated alkanes) is 3. The number of aromatic hydroxyl groups is 2. The van der Waals surface area contributed by atoms with E-state index in [2.05, 4.69) is 31.8 Å². The second kappa shape index (κ2) is 14.8. The monoisotopic (exact) mass is 484 g/mol. The number of nitrogens with zero attached hydrogens (tertiary/aromatic N) is 2. The first-order chi connectivity index (χ1) is 16.4. The fraction of sp³-hybridized carbons (Fsp3) is 0.517. The van der Waals surface area contributed by atoms with Crippen LogP contribution >= 0.6 is 11.6 Å². The fourth-order valence-electron chi connectivity index (χ4n) is 3.99. The number of benzene rings is 2. The van der Waals surface area contributed by atoms with Crippen molar-refractivity contribution >= 4 is 24.0 Å². The van der Waals surface area contributed by atoms with Gasteiger partial charge in [-0.1, -0.05) is 64.1 Å². The molecule has 1 atom stereocenters. The first kappa shape index (κ1) is 27.9. The van der Waals surface area contributed by atoms with Crippen molar-refractivity contribution in [1.82, 2.24) is 0 Å². The average molecular weight is 485 g/mol. The van der Waals surface area contributed by atoms with Gasteiger partial charge in [0.25, 0.3) is 0 Å². The molecule has 0 aliphatic carbocycles. The van der Waals surface area contributed by atoms with Crippen LogP contribution in [-0.4, -0.2) is 35.2 Å². The second-order valence-electron chi connectivity index (χ2n) is 9.14. The van der Waals surface area contributed by atoms with Crippen molar-refractivity contribution in [2.45, 2.75) is 91.5 Å². The van der Waals surface area contributed by atoms with Crippen LogP contribution in [0.3, 0.4) is 0 Å². The Morgan fingerprint density at radius 2 is 1.41 bits per heavy atom. The Morgan fingerprint density at radius 1 is 0.824 bits per heavy atom. The summed E-state index contributed by atoms with van der Waals surface area (Å²) in [7, 11) is 0. The van der Waals surface area contributed by atoms with E-state index in [1.165, 1.54) is 0 Å². The van der Waals surface area contributed by atoms with Crippen molar-refractivity contribution in [3.8, 4) is 11.5 Å². The Hall–Kier alpha value is -2.33. The molecule has 4 nitrogen and oxygen atoms in total. The number of rotatable bonds is 14. The molecule has 34 heavy (non-hydrogen) atoms. The van der Waals surface area contributed by atoms with Crippen LogP contribution in [0.1, 0.15) is 93.5 Å². The van der Waals surface area contributed by atoms with Gasteiger partial charge in [0.15, 0.2) is 0 Å². The number of phenolic OH excluding ortho intramolecular Hbond substituents is 2. The van der Waals surface area contributed by atoms with Crippen LogP contribution in [-0.2, 0) is 12.8 Å². The highest BCUT2D eigenvalue weighted by Gasteiger charge is 2.11. The molecule has 0 amide bonds. The molecule has 0 radical (unpaired) electrons. The normalized spacial score (nSPS) is 12.7. The molecule has 0 aliphatic rings. The minimum Gasteiger partial charge on any atom is -0.507 e. The predicted molar refractivity (Wildman–Crippen MR) is 147 cm³/mol. The average Bonchev–Trinajstić information content (AvgIpc) is 2.82. The summed E-state index contributed by atoms with van der Waals surface area (Å²) in [5, 5.41) is 22.0. The molecular formula is C29H41ClN2O2. The van der Waals surface area contributed by atoms with Crippen LogP contribution in [0.2, 0.25) is 5.02 Å². The molecule has 0 saturated carbocycles. The van der Waals surface area contributed by atoms with Crippen LogP contribution in [0.15, 0.2) is 34.3 Å². The molecule has 0 fully saturated rings. The molecule has 5 heteroatoms. The van der Waals surface area contributed by atoms with Crippen molar-refractivity contribution in [3.05, 3.63) is 57.1 Å². The van der Waals surface area contributed by atoms with Gasteiger partial charge in [-0.05, 0) is 73.9 Å². The minimum absolute atomic E-state index is 0.000173. The third-order valence-corrected chi connectivity index (χ3v) is 6.23. The molecule has 186 valence electrons. The van der Waals surface area contributed by atoms with Crippen LogP contribution in [0.25, 0.3) is 0 Å². The van der Waals surface area contributed by atoms with Crippen molar-refractivity contribution < 1.29 is 10.2 Å². The smallest absolute Gasteiger partial charge is 0.127 e. The molecule has 0 heterocycles. The third-order valence-electron chi connectivity index (χ3n) is 6.01. The summed E-state index contributed by atoms with van der Waals surface area (Å²) in [5.41, 5.74) is 4.39. The number of halogens is 1. The fourth-order valence-corrected chi connectivity index (χ4v) is 4.24. The highest BCUT2D eigenvalue weighted by Crippen LogP contribution is 2.28. The summed E-state index contributed by atoms with van der Waals surface area (Å²) >= 11 is 6.30. The van der Waals surface area contributed by atoms with E-state index in [0.29, 0.717) is 22.9 Å². The van der Waals surface area contributed by atoms with Crippen molar-refractivity contribution in [1.29, 1.82) is 0 Å². The Labute approximate surface area is 210 Å². The molecule has 0 bridgehead atoms. The number of phenols is 2. The van der Waals surface area contributed by atoms with E-state index in [9.17, 15) is 10.2 Å². The molecule has 0 aliphatic heterocycles. The summed E-state index contributed by atoms with van der Waals surface area (Å²) in [6, 6.07) is 7.63. The first-order valence-corrected chi connectivity index (χ1v) is 13.1. The van der Waals surface area contributed by atoms with Crippen molar-refractivity contribution in [2.24, 2.45) is 9.98 Å². The Kier molecular flexibility index (Phi) is 12.2. The van der Waals surface area contributed by atoms with Gasteiger partial charge >= 0.3 is 0 Å². The summed E-state index contributed by atoms with van der Waals surface area (Å²) in [4.78, 5) is 9.41. The molecular weight excluding hydrogens is 444 g/mol. The molecule has 2 rings (SSSR count). The van der Waals surface area contributed by atoms with Gasteiger partial charge in [0.2, 0.25) is 0 Å². The van der Waals surface area contributed by atoms with E-state index in [1.54, 1.807) is 18.5 Å². The van der Waals surface area contributed by atoms with Crippen LogP contribution in [0.5, 0.6) is 11.5 Å². The van der Waals surface area contributed by atoms with Gasteiger partial charge in [0.1, 0.15) is 11.5 Å². The number of aryl methyl sites for hydroxylation is 3. The zero-order chi connectivity index (χ0) is 24.9. The lowest BCUT2D eigenvalue weighted by atomic mass is 10.0. The summed E-state index contributed by atoms with van der Waals surface area (Å²) in [6.45, 7) is 9.02. The van der Waals surface area contributed by atoms with E-state index < -0.39 is 0 Å². The molecule has 0 spiro atoms. The number of aliphatic imine (C=N–C) groups is 2. The molecule has 2 N–H and O–H groups in total. The lowest BCUT2D eigenvalue weighted by Gasteiger charge is -2.12. The van der Waals surface area contributed by atoms with Gasteiger partial charge in [0.05, 0.1) is 12.6 Å². The topological polar surface area (TPSA) is 65.2 Å². The molecule has 0 aromatic heterocycles.